The first-order valence-electron chi connectivity index (χ1n) is 7.65. The Labute approximate surface area is 125 Å². The van der Waals surface area contributed by atoms with Crippen molar-refractivity contribution in [2.45, 2.75) is 38.1 Å². The number of aromatic nitrogens is 2. The maximum atomic E-state index is 12.4. The Morgan fingerprint density at radius 2 is 2.24 bits per heavy atom. The summed E-state index contributed by atoms with van der Waals surface area (Å²) >= 11 is 0. The monoisotopic (exact) mass is 294 g/mol. The lowest BCUT2D eigenvalue weighted by molar-refractivity contribution is -0.123. The van der Waals surface area contributed by atoms with Crippen LogP contribution in [0.25, 0.3) is 0 Å². The van der Waals surface area contributed by atoms with Gasteiger partial charge in [-0.05, 0) is 31.7 Å². The number of nitrogens with zero attached hydrogens (tertiary/aromatic N) is 2. The predicted molar refractivity (Wildman–Crippen MR) is 80.6 cm³/mol. The van der Waals surface area contributed by atoms with Crippen LogP contribution in [0.3, 0.4) is 0 Å². The third kappa shape index (κ3) is 3.83. The molecule has 21 heavy (non-hydrogen) atoms. The predicted octanol–water partition coefficient (Wildman–Crippen LogP) is 0.740. The number of aliphatic hydroxyl groups excluding tert-OH is 1. The summed E-state index contributed by atoms with van der Waals surface area (Å²) in [4.78, 5) is 12.4. The number of aryl methyl sites for hydroxylation is 1. The van der Waals surface area contributed by atoms with Crippen LogP contribution in [0.5, 0.6) is 0 Å². The van der Waals surface area contributed by atoms with E-state index in [2.05, 4.69) is 15.7 Å². The smallest absolute Gasteiger partial charge is 0.241 e. The van der Waals surface area contributed by atoms with Gasteiger partial charge in [0.1, 0.15) is 6.04 Å². The minimum atomic E-state index is -0.383. The van der Waals surface area contributed by atoms with E-state index < -0.39 is 0 Å². The molecule has 1 atom stereocenters. The van der Waals surface area contributed by atoms with Crippen LogP contribution in [0.2, 0.25) is 0 Å². The molecule has 1 amide bonds. The van der Waals surface area contributed by atoms with E-state index in [1.807, 2.05) is 13.2 Å². The van der Waals surface area contributed by atoms with Crippen LogP contribution in [0.1, 0.15) is 43.7 Å². The number of amides is 1. The van der Waals surface area contributed by atoms with Gasteiger partial charge in [-0.1, -0.05) is 12.8 Å². The Morgan fingerprint density at radius 1 is 1.52 bits per heavy atom. The molecule has 0 radical (unpaired) electrons. The summed E-state index contributed by atoms with van der Waals surface area (Å²) < 4.78 is 1.69. The molecule has 0 spiro atoms. The molecule has 2 rings (SSSR count). The zero-order valence-electron chi connectivity index (χ0n) is 12.9. The van der Waals surface area contributed by atoms with Crippen molar-refractivity contribution in [1.82, 2.24) is 20.4 Å². The zero-order chi connectivity index (χ0) is 15.3. The highest BCUT2D eigenvalue weighted by Crippen LogP contribution is 2.40. The number of nitrogens with one attached hydrogen (secondary N) is 2. The SMILES string of the molecule is CNC(C(=O)NCC1(CCO)CCCC1)c1cnn(C)c1. The average Bonchev–Trinajstić information content (AvgIpc) is 3.08. The molecule has 1 saturated carbocycles. The summed E-state index contributed by atoms with van der Waals surface area (Å²) in [6.07, 6.45) is 8.88. The van der Waals surface area contributed by atoms with Crippen LogP contribution < -0.4 is 10.6 Å². The maximum Gasteiger partial charge on any atom is 0.241 e. The first kappa shape index (κ1) is 16.0. The quantitative estimate of drug-likeness (QED) is 0.693. The first-order chi connectivity index (χ1) is 10.1. The number of carbonyl (C=O) groups is 1. The van der Waals surface area contributed by atoms with Crippen molar-refractivity contribution >= 4 is 5.91 Å². The second kappa shape index (κ2) is 7.04. The molecule has 6 nitrogen and oxygen atoms in total. The van der Waals surface area contributed by atoms with Crippen molar-refractivity contribution in [2.24, 2.45) is 12.5 Å². The third-order valence-corrected chi connectivity index (χ3v) is 4.55. The van der Waals surface area contributed by atoms with Gasteiger partial charge in [-0.3, -0.25) is 9.48 Å². The third-order valence-electron chi connectivity index (χ3n) is 4.55. The molecule has 1 unspecified atom stereocenters. The van der Waals surface area contributed by atoms with E-state index in [1.165, 1.54) is 12.8 Å². The van der Waals surface area contributed by atoms with Crippen LogP contribution >= 0.6 is 0 Å². The van der Waals surface area contributed by atoms with E-state index in [0.717, 1.165) is 24.8 Å². The fourth-order valence-corrected chi connectivity index (χ4v) is 3.29. The summed E-state index contributed by atoms with van der Waals surface area (Å²) in [5, 5.41) is 19.5. The van der Waals surface area contributed by atoms with Gasteiger partial charge >= 0.3 is 0 Å². The minimum absolute atomic E-state index is 0.0327. The maximum absolute atomic E-state index is 12.4. The summed E-state index contributed by atoms with van der Waals surface area (Å²) in [6.45, 7) is 0.832. The van der Waals surface area contributed by atoms with Crippen molar-refractivity contribution in [2.75, 3.05) is 20.2 Å². The van der Waals surface area contributed by atoms with Crippen molar-refractivity contribution in [3.63, 3.8) is 0 Å². The number of hydrogen-bond acceptors (Lipinski definition) is 4. The molecule has 1 aromatic rings. The Morgan fingerprint density at radius 3 is 2.76 bits per heavy atom. The highest BCUT2D eigenvalue weighted by molar-refractivity contribution is 5.83. The Hall–Kier alpha value is -1.40. The summed E-state index contributed by atoms with van der Waals surface area (Å²) in [6, 6.07) is -0.383. The molecule has 0 aromatic carbocycles. The largest absolute Gasteiger partial charge is 0.396 e. The van der Waals surface area contributed by atoms with Gasteiger partial charge in [-0.25, -0.2) is 0 Å². The zero-order valence-corrected chi connectivity index (χ0v) is 12.9. The number of likely N-dealkylation sites (N-methyl/N-ethyl adjacent to an activating group) is 1. The van der Waals surface area contributed by atoms with Crippen LogP contribution in [0, 0.1) is 5.41 Å². The van der Waals surface area contributed by atoms with Gasteiger partial charge in [0.2, 0.25) is 5.91 Å². The standard InChI is InChI=1S/C15H26N4O2/c1-16-13(12-9-18-19(2)10-12)14(21)17-11-15(7-8-20)5-3-4-6-15/h9-10,13,16,20H,3-8,11H2,1-2H3,(H,17,21). The fourth-order valence-electron chi connectivity index (χ4n) is 3.29. The van der Waals surface area contributed by atoms with Crippen molar-refractivity contribution in [3.05, 3.63) is 18.0 Å². The van der Waals surface area contributed by atoms with E-state index in [9.17, 15) is 9.90 Å². The first-order valence-corrected chi connectivity index (χ1v) is 7.65. The lowest BCUT2D eigenvalue weighted by Crippen LogP contribution is -2.41. The number of hydrogen-bond donors (Lipinski definition) is 3. The van der Waals surface area contributed by atoms with Crippen LogP contribution in [0.4, 0.5) is 0 Å². The Bertz CT molecular complexity index is 466. The molecular formula is C15H26N4O2. The number of carbonyl (C=O) groups excluding carboxylic acids is 1. The number of rotatable bonds is 7. The molecule has 1 aliphatic carbocycles. The van der Waals surface area contributed by atoms with Gasteiger partial charge in [0.25, 0.3) is 0 Å². The number of aliphatic hydroxyl groups is 1. The minimum Gasteiger partial charge on any atom is -0.396 e. The highest BCUT2D eigenvalue weighted by atomic mass is 16.3. The molecule has 0 aliphatic heterocycles. The molecule has 1 heterocycles. The summed E-state index contributed by atoms with van der Waals surface area (Å²) in [5.41, 5.74) is 0.942. The van der Waals surface area contributed by atoms with Gasteiger partial charge in [-0.15, -0.1) is 0 Å². The second-order valence-corrected chi connectivity index (χ2v) is 6.07. The van der Waals surface area contributed by atoms with Gasteiger partial charge in [0.05, 0.1) is 6.20 Å². The second-order valence-electron chi connectivity index (χ2n) is 6.07. The van der Waals surface area contributed by atoms with Crippen LogP contribution in [0.15, 0.2) is 12.4 Å². The van der Waals surface area contributed by atoms with E-state index in [0.29, 0.717) is 6.54 Å². The van der Waals surface area contributed by atoms with Crippen molar-refractivity contribution < 1.29 is 9.90 Å². The normalized spacial score (nSPS) is 18.6. The van der Waals surface area contributed by atoms with Gasteiger partial charge in [-0.2, -0.15) is 5.10 Å². The lowest BCUT2D eigenvalue weighted by Gasteiger charge is -2.29. The summed E-state index contributed by atoms with van der Waals surface area (Å²) in [7, 11) is 3.61. The molecule has 0 saturated heterocycles. The molecule has 3 N–H and O–H groups in total. The van der Waals surface area contributed by atoms with Gasteiger partial charge in [0, 0.05) is 32.0 Å². The topological polar surface area (TPSA) is 79.2 Å². The van der Waals surface area contributed by atoms with E-state index in [4.69, 9.17) is 0 Å². The van der Waals surface area contributed by atoms with E-state index in [-0.39, 0.29) is 24.0 Å². The molecular weight excluding hydrogens is 268 g/mol. The Kier molecular flexibility index (Phi) is 5.36. The Balaban J connectivity index is 1.96. The van der Waals surface area contributed by atoms with Crippen molar-refractivity contribution in [1.29, 1.82) is 0 Å². The molecule has 1 aromatic heterocycles. The summed E-state index contributed by atoms with van der Waals surface area (Å²) in [5.74, 6) is -0.0327. The lowest BCUT2D eigenvalue weighted by atomic mass is 9.83. The van der Waals surface area contributed by atoms with Gasteiger partial charge < -0.3 is 15.7 Å². The van der Waals surface area contributed by atoms with Crippen LogP contribution in [-0.4, -0.2) is 41.0 Å². The fraction of sp³-hybridized carbons (Fsp3) is 0.733. The van der Waals surface area contributed by atoms with E-state index in [1.54, 1.807) is 17.9 Å². The van der Waals surface area contributed by atoms with Gasteiger partial charge in [0.15, 0.2) is 0 Å². The molecule has 118 valence electrons. The molecule has 0 bridgehead atoms. The highest BCUT2D eigenvalue weighted by Gasteiger charge is 2.34. The molecule has 6 heteroatoms. The van der Waals surface area contributed by atoms with E-state index >= 15 is 0 Å². The average molecular weight is 294 g/mol. The molecule has 1 fully saturated rings. The molecule has 1 aliphatic rings. The van der Waals surface area contributed by atoms with Crippen LogP contribution in [-0.2, 0) is 11.8 Å². The van der Waals surface area contributed by atoms with Crippen molar-refractivity contribution in [3.8, 4) is 0 Å².